The van der Waals surface area contributed by atoms with E-state index in [4.69, 9.17) is 18.8 Å². The van der Waals surface area contributed by atoms with Crippen molar-refractivity contribution in [1.29, 1.82) is 0 Å². The van der Waals surface area contributed by atoms with Gasteiger partial charge in [-0.1, -0.05) is 127 Å². The quantitative estimate of drug-likeness (QED) is 0.187. The Bertz CT molecular complexity index is 4580. The predicted molar refractivity (Wildman–Crippen MR) is 278 cm³/mol. The number of nitrogens with zero attached hydrogens (tertiary/aromatic N) is 4. The van der Waals surface area contributed by atoms with Crippen LogP contribution in [0.4, 0.5) is 0 Å². The highest BCUT2D eigenvalue weighted by atomic mass is 16.3. The lowest BCUT2D eigenvalue weighted by Crippen LogP contribution is -2.00. The van der Waals surface area contributed by atoms with E-state index in [0.717, 1.165) is 149 Å². The van der Waals surface area contributed by atoms with Gasteiger partial charge in [0.1, 0.15) is 34.0 Å². The minimum atomic E-state index is 0.827. The molecule has 68 heavy (non-hydrogen) atoms. The Hall–Kier alpha value is -9.20. The van der Waals surface area contributed by atoms with Crippen LogP contribution in [-0.4, -0.2) is 24.1 Å². The fraction of sp³-hybridized carbons (Fsp3) is 0.0164. The molecule has 0 atom stereocenters. The third-order valence-electron chi connectivity index (χ3n) is 14.1. The molecule has 318 valence electrons. The molecule has 0 spiro atoms. The lowest BCUT2D eigenvalue weighted by molar-refractivity contribution is 0.672. The van der Waals surface area contributed by atoms with Gasteiger partial charge >= 0.3 is 0 Å². The zero-order valence-electron chi connectivity index (χ0n) is 36.7. The maximum absolute atomic E-state index is 6.74. The van der Waals surface area contributed by atoms with E-state index in [2.05, 4.69) is 197 Å². The van der Waals surface area contributed by atoms with Crippen LogP contribution in [0.25, 0.3) is 144 Å². The van der Waals surface area contributed by atoms with E-state index in [1.54, 1.807) is 0 Å². The molecule has 6 heterocycles. The fourth-order valence-corrected chi connectivity index (χ4v) is 11.0. The molecule has 0 amide bonds. The Kier molecular flexibility index (Phi) is 7.58. The Morgan fingerprint density at radius 3 is 2.01 bits per heavy atom. The highest BCUT2D eigenvalue weighted by Crippen LogP contribution is 2.46. The number of hydrogen-bond acceptors (Lipinski definition) is 4. The van der Waals surface area contributed by atoms with Gasteiger partial charge in [-0.05, 0) is 95.9 Å². The molecule has 0 aliphatic carbocycles. The van der Waals surface area contributed by atoms with E-state index >= 15 is 0 Å². The second-order valence-corrected chi connectivity index (χ2v) is 17.8. The second-order valence-electron chi connectivity index (χ2n) is 17.8. The molecule has 0 aliphatic rings. The van der Waals surface area contributed by atoms with Crippen molar-refractivity contribution in [2.45, 2.75) is 6.92 Å². The molecule has 7 heteroatoms. The van der Waals surface area contributed by atoms with Gasteiger partial charge in [0, 0.05) is 55.2 Å². The Morgan fingerprint density at radius 1 is 0.456 bits per heavy atom. The lowest BCUT2D eigenvalue weighted by atomic mass is 10.0. The number of nitrogens with one attached hydrogen (secondary N) is 1. The molecule has 9 aromatic carbocycles. The number of pyridine rings is 1. The van der Waals surface area contributed by atoms with E-state index in [-0.39, 0.29) is 0 Å². The van der Waals surface area contributed by atoms with Crippen molar-refractivity contribution in [3.8, 4) is 45.1 Å². The topological polar surface area (TPSA) is 77.7 Å². The number of aryl methyl sites for hydroxylation is 1. The van der Waals surface area contributed by atoms with Crippen LogP contribution in [0.15, 0.2) is 209 Å². The van der Waals surface area contributed by atoms with Crippen LogP contribution in [0.3, 0.4) is 0 Å². The summed E-state index contributed by atoms with van der Waals surface area (Å²) in [5.41, 5.74) is 17.0. The van der Waals surface area contributed by atoms with Gasteiger partial charge in [0.2, 0.25) is 0 Å². The first-order valence-corrected chi connectivity index (χ1v) is 23.0. The van der Waals surface area contributed by atoms with Crippen LogP contribution < -0.4 is 0 Å². The Labute approximate surface area is 387 Å². The summed E-state index contributed by atoms with van der Waals surface area (Å²) in [7, 11) is 0. The third kappa shape index (κ3) is 5.18. The standard InChI is InChI=1S/C61H37N5O2/c1-35-14-5-10-22-48(35)66-50-23-13-20-39(57(50)64-61(66)46-34-45-41-18-8-12-25-53(41)68-60(45)56-43-19-6-9-21-47(43)63-58(46)56)38-26-27-44-51(32-38)65(54-33-37(30-31-62-54)36-15-3-2-4-16-36)49-29-28-42-40-17-7-11-24-52(40)67-59(42)55(44)49/h2-34,63H,1H3. The molecule has 6 aromatic heterocycles. The van der Waals surface area contributed by atoms with E-state index in [1.165, 1.54) is 0 Å². The van der Waals surface area contributed by atoms with Crippen molar-refractivity contribution in [3.63, 3.8) is 0 Å². The van der Waals surface area contributed by atoms with Crippen LogP contribution in [0.2, 0.25) is 0 Å². The van der Waals surface area contributed by atoms with E-state index in [1.807, 2.05) is 24.4 Å². The summed E-state index contributed by atoms with van der Waals surface area (Å²) >= 11 is 0. The number of aromatic nitrogens is 5. The van der Waals surface area contributed by atoms with Gasteiger partial charge in [-0.15, -0.1) is 0 Å². The number of imidazole rings is 1. The van der Waals surface area contributed by atoms with Gasteiger partial charge in [-0.2, -0.15) is 0 Å². The highest BCUT2D eigenvalue weighted by Gasteiger charge is 2.26. The van der Waals surface area contributed by atoms with Crippen molar-refractivity contribution >= 4 is 98.5 Å². The normalized spacial score (nSPS) is 12.2. The number of benzene rings is 9. The highest BCUT2D eigenvalue weighted by molar-refractivity contribution is 6.27. The molecule has 7 nitrogen and oxygen atoms in total. The number of fused-ring (bicyclic) bond motifs is 15. The van der Waals surface area contributed by atoms with Crippen molar-refractivity contribution in [2.24, 2.45) is 0 Å². The minimum Gasteiger partial charge on any atom is -0.455 e. The average Bonchev–Trinajstić information content (AvgIpc) is 4.21. The predicted octanol–water partition coefficient (Wildman–Crippen LogP) is 16.3. The first kappa shape index (κ1) is 37.1. The van der Waals surface area contributed by atoms with Crippen molar-refractivity contribution in [1.82, 2.24) is 24.1 Å². The van der Waals surface area contributed by atoms with E-state index in [0.29, 0.717) is 0 Å². The summed E-state index contributed by atoms with van der Waals surface area (Å²) in [6.45, 7) is 2.17. The molecular weight excluding hydrogens is 835 g/mol. The average molecular weight is 872 g/mol. The van der Waals surface area contributed by atoms with Gasteiger partial charge in [0.25, 0.3) is 0 Å². The second kappa shape index (κ2) is 13.9. The van der Waals surface area contributed by atoms with Crippen LogP contribution >= 0.6 is 0 Å². The van der Waals surface area contributed by atoms with Crippen LogP contribution in [0, 0.1) is 6.92 Å². The zero-order chi connectivity index (χ0) is 44.6. The maximum Gasteiger partial charge on any atom is 0.147 e. The molecule has 0 saturated heterocycles. The molecule has 0 fully saturated rings. The Morgan fingerprint density at radius 2 is 1.18 bits per heavy atom. The summed E-state index contributed by atoms with van der Waals surface area (Å²) in [4.78, 5) is 14.6. The molecule has 0 aliphatic heterocycles. The van der Waals surface area contributed by atoms with Crippen LogP contribution in [0.1, 0.15) is 5.56 Å². The minimum absolute atomic E-state index is 0.827. The largest absolute Gasteiger partial charge is 0.455 e. The summed E-state index contributed by atoms with van der Waals surface area (Å²) in [6, 6.07) is 68.5. The van der Waals surface area contributed by atoms with Crippen molar-refractivity contribution < 1.29 is 8.83 Å². The van der Waals surface area contributed by atoms with Gasteiger partial charge in [-0.25, -0.2) is 9.97 Å². The molecule has 1 N–H and O–H groups in total. The molecule has 0 bridgehead atoms. The number of para-hydroxylation sites is 5. The van der Waals surface area contributed by atoms with E-state index < -0.39 is 0 Å². The van der Waals surface area contributed by atoms with Gasteiger partial charge in [0.15, 0.2) is 0 Å². The molecule has 15 aromatic rings. The fourth-order valence-electron chi connectivity index (χ4n) is 11.0. The SMILES string of the molecule is Cc1ccccc1-n1c(-c2cc3c4ccccc4oc3c3c2[nH]c2ccccc23)nc2c(-c3ccc4c5c6oc7ccccc7c6ccc5n(-c5cc(-c6ccccc6)ccn5)c4c3)cccc21. The Balaban J connectivity index is 1.03. The summed E-state index contributed by atoms with van der Waals surface area (Å²) in [6.07, 6.45) is 1.91. The molecule has 0 radical (unpaired) electrons. The third-order valence-corrected chi connectivity index (χ3v) is 14.1. The molecular formula is C61H37N5O2. The summed E-state index contributed by atoms with van der Waals surface area (Å²) in [5.74, 6) is 1.67. The van der Waals surface area contributed by atoms with Crippen LogP contribution in [-0.2, 0) is 0 Å². The van der Waals surface area contributed by atoms with E-state index in [9.17, 15) is 0 Å². The van der Waals surface area contributed by atoms with Crippen LogP contribution in [0.5, 0.6) is 0 Å². The summed E-state index contributed by atoms with van der Waals surface area (Å²) in [5, 5.41) is 8.62. The first-order chi connectivity index (χ1) is 33.6. The molecule has 0 unspecified atom stereocenters. The van der Waals surface area contributed by atoms with Gasteiger partial charge in [-0.3, -0.25) is 9.13 Å². The van der Waals surface area contributed by atoms with Crippen molar-refractivity contribution in [3.05, 3.63) is 206 Å². The first-order valence-electron chi connectivity index (χ1n) is 23.0. The number of aromatic amines is 1. The number of hydrogen-bond donors (Lipinski definition) is 1. The molecule has 15 rings (SSSR count). The number of H-pyrrole nitrogens is 1. The smallest absolute Gasteiger partial charge is 0.147 e. The number of furan rings is 2. The monoisotopic (exact) mass is 871 g/mol. The lowest BCUT2D eigenvalue weighted by Gasteiger charge is -2.13. The summed E-state index contributed by atoms with van der Waals surface area (Å²) < 4.78 is 18.1. The zero-order valence-corrected chi connectivity index (χ0v) is 36.7. The molecule has 0 saturated carbocycles. The van der Waals surface area contributed by atoms with Gasteiger partial charge in [0.05, 0.1) is 44.0 Å². The number of rotatable bonds is 5. The van der Waals surface area contributed by atoms with Gasteiger partial charge < -0.3 is 13.8 Å². The van der Waals surface area contributed by atoms with Crippen molar-refractivity contribution in [2.75, 3.05) is 0 Å². The maximum atomic E-state index is 6.74.